The summed E-state index contributed by atoms with van der Waals surface area (Å²) in [5.74, 6) is 0.285. The Morgan fingerprint density at radius 3 is 2.60 bits per heavy atom. The number of halogens is 3. The Morgan fingerprint density at radius 1 is 1.28 bits per heavy atom. The molecule has 2 aromatic rings. The number of ether oxygens (including phenoxy) is 2. The van der Waals surface area contributed by atoms with Crippen molar-refractivity contribution in [1.29, 1.82) is 0 Å². The van der Waals surface area contributed by atoms with Crippen molar-refractivity contribution in [3.8, 4) is 11.8 Å². The molecule has 25 heavy (non-hydrogen) atoms. The van der Waals surface area contributed by atoms with E-state index in [1.165, 1.54) is 19.1 Å². The molecule has 0 fully saturated rings. The fraction of sp³-hybridized carbons (Fsp3) is 0.412. The molecule has 0 bridgehead atoms. The maximum absolute atomic E-state index is 13.3. The number of aromatic nitrogens is 2. The van der Waals surface area contributed by atoms with Crippen LogP contribution in [0.1, 0.15) is 25.8 Å². The Labute approximate surface area is 144 Å². The molecular formula is C17H20F3N3O2. The molecule has 0 aliphatic heterocycles. The molecule has 1 aromatic carbocycles. The zero-order valence-electron chi connectivity index (χ0n) is 14.5. The van der Waals surface area contributed by atoms with Crippen LogP contribution < -0.4 is 14.4 Å². The summed E-state index contributed by atoms with van der Waals surface area (Å²) in [5.41, 5.74) is -0.434. The van der Waals surface area contributed by atoms with Crippen LogP contribution in [-0.2, 0) is 6.18 Å². The number of nitrogens with zero attached hydrogens (tertiary/aromatic N) is 3. The monoisotopic (exact) mass is 355 g/mol. The molecule has 0 N–H and O–H groups in total. The summed E-state index contributed by atoms with van der Waals surface area (Å²) >= 11 is 0. The van der Waals surface area contributed by atoms with Crippen molar-refractivity contribution < 1.29 is 22.6 Å². The minimum absolute atomic E-state index is 0.00503. The van der Waals surface area contributed by atoms with Crippen LogP contribution in [0.5, 0.6) is 11.8 Å². The molecule has 0 saturated heterocycles. The number of benzene rings is 1. The largest absolute Gasteiger partial charge is 0.491 e. The summed E-state index contributed by atoms with van der Waals surface area (Å²) in [6.45, 7) is 3.91. The Kier molecular flexibility index (Phi) is 5.71. The fourth-order valence-electron chi connectivity index (χ4n) is 2.11. The Bertz CT molecular complexity index is 723. The topological polar surface area (TPSA) is 47.5 Å². The van der Waals surface area contributed by atoms with Crippen LogP contribution in [0.15, 0.2) is 30.5 Å². The lowest BCUT2D eigenvalue weighted by Crippen LogP contribution is -2.19. The second kappa shape index (κ2) is 7.58. The first-order chi connectivity index (χ1) is 11.8. The molecule has 1 aromatic heterocycles. The van der Waals surface area contributed by atoms with Crippen molar-refractivity contribution >= 4 is 11.5 Å². The van der Waals surface area contributed by atoms with Crippen molar-refractivity contribution in [3.05, 3.63) is 36.0 Å². The zero-order valence-corrected chi connectivity index (χ0v) is 14.5. The predicted molar refractivity (Wildman–Crippen MR) is 88.5 cm³/mol. The van der Waals surface area contributed by atoms with Crippen molar-refractivity contribution in [2.75, 3.05) is 19.1 Å². The van der Waals surface area contributed by atoms with Crippen LogP contribution in [0.4, 0.5) is 24.7 Å². The van der Waals surface area contributed by atoms with Gasteiger partial charge in [0, 0.05) is 25.0 Å². The van der Waals surface area contributed by atoms with Gasteiger partial charge in [0.25, 0.3) is 0 Å². The van der Waals surface area contributed by atoms with Crippen LogP contribution >= 0.6 is 0 Å². The van der Waals surface area contributed by atoms with Crippen molar-refractivity contribution in [1.82, 2.24) is 9.97 Å². The van der Waals surface area contributed by atoms with Crippen LogP contribution in [0, 0.1) is 0 Å². The summed E-state index contributed by atoms with van der Waals surface area (Å²) < 4.78 is 50.4. The van der Waals surface area contributed by atoms with Crippen LogP contribution in [0.3, 0.4) is 0 Å². The number of alkyl halides is 3. The third-order valence-corrected chi connectivity index (χ3v) is 3.67. The van der Waals surface area contributed by atoms with Crippen molar-refractivity contribution in [3.63, 3.8) is 0 Å². The van der Waals surface area contributed by atoms with E-state index in [2.05, 4.69) is 9.97 Å². The summed E-state index contributed by atoms with van der Waals surface area (Å²) in [7, 11) is 2.80. The van der Waals surface area contributed by atoms with Gasteiger partial charge in [-0.25, -0.2) is 4.98 Å². The smallest absolute Gasteiger partial charge is 0.421 e. The average Bonchev–Trinajstić information content (AvgIpc) is 2.59. The highest BCUT2D eigenvalue weighted by Crippen LogP contribution is 2.38. The molecule has 1 atom stereocenters. The van der Waals surface area contributed by atoms with E-state index in [-0.39, 0.29) is 17.9 Å². The first-order valence-electron chi connectivity index (χ1n) is 7.75. The van der Waals surface area contributed by atoms with Crippen LogP contribution in [-0.4, -0.2) is 30.2 Å². The molecule has 8 heteroatoms. The molecule has 5 nitrogen and oxygen atoms in total. The molecule has 136 valence electrons. The number of hydrogen-bond acceptors (Lipinski definition) is 5. The molecule has 1 heterocycles. The van der Waals surface area contributed by atoms with Gasteiger partial charge in [-0.05, 0) is 25.5 Å². The molecule has 0 aliphatic carbocycles. The highest BCUT2D eigenvalue weighted by molar-refractivity contribution is 5.64. The highest BCUT2D eigenvalue weighted by Gasteiger charge is 2.36. The quantitative estimate of drug-likeness (QED) is 0.766. The molecule has 0 aliphatic rings. The Morgan fingerprint density at radius 2 is 2.00 bits per heavy atom. The van der Waals surface area contributed by atoms with Gasteiger partial charge in [-0.3, -0.25) is 0 Å². The van der Waals surface area contributed by atoms with Crippen LogP contribution in [0.2, 0.25) is 0 Å². The third-order valence-electron chi connectivity index (χ3n) is 3.67. The van der Waals surface area contributed by atoms with E-state index in [0.29, 0.717) is 11.4 Å². The third kappa shape index (κ3) is 4.52. The summed E-state index contributed by atoms with van der Waals surface area (Å²) in [6.07, 6.45) is -3.04. The maximum Gasteiger partial charge on any atom is 0.421 e. The molecule has 0 radical (unpaired) electrons. The van der Waals surface area contributed by atoms with E-state index < -0.39 is 11.7 Å². The average molecular weight is 355 g/mol. The molecule has 0 saturated carbocycles. The van der Waals surface area contributed by atoms with Gasteiger partial charge < -0.3 is 14.4 Å². The van der Waals surface area contributed by atoms with Gasteiger partial charge in [0.2, 0.25) is 0 Å². The Balaban J connectivity index is 2.43. The standard InChI is InChI=1S/C17H20F3N3O2/c1-5-11(2)25-13-8-6-7-12(9-13)23(3)15-14(17(18,19)20)10-21-16(22-15)24-4/h6-11H,5H2,1-4H3. The number of rotatable bonds is 6. The van der Waals surface area contributed by atoms with E-state index in [9.17, 15) is 13.2 Å². The van der Waals surface area contributed by atoms with Crippen molar-refractivity contribution in [2.24, 2.45) is 0 Å². The highest BCUT2D eigenvalue weighted by atomic mass is 19.4. The molecule has 1 unspecified atom stereocenters. The maximum atomic E-state index is 13.3. The van der Waals surface area contributed by atoms with Gasteiger partial charge >= 0.3 is 12.2 Å². The number of methoxy groups -OCH3 is 1. The van der Waals surface area contributed by atoms with Gasteiger partial charge in [-0.1, -0.05) is 13.0 Å². The van der Waals surface area contributed by atoms with Gasteiger partial charge in [-0.15, -0.1) is 0 Å². The van der Waals surface area contributed by atoms with Crippen molar-refractivity contribution in [2.45, 2.75) is 32.5 Å². The fourth-order valence-corrected chi connectivity index (χ4v) is 2.11. The minimum atomic E-state index is -4.58. The molecule has 0 amide bonds. The second-order valence-electron chi connectivity index (χ2n) is 5.48. The first kappa shape index (κ1) is 18.8. The first-order valence-corrected chi connectivity index (χ1v) is 7.75. The zero-order chi connectivity index (χ0) is 18.6. The SMILES string of the molecule is CCC(C)Oc1cccc(N(C)c2nc(OC)ncc2C(F)(F)F)c1. The molecule has 2 rings (SSSR count). The van der Waals surface area contributed by atoms with E-state index >= 15 is 0 Å². The number of hydrogen-bond donors (Lipinski definition) is 0. The lowest BCUT2D eigenvalue weighted by Gasteiger charge is -2.23. The molecule has 0 spiro atoms. The van der Waals surface area contributed by atoms with E-state index in [4.69, 9.17) is 9.47 Å². The predicted octanol–water partition coefficient (Wildman–Crippen LogP) is 4.45. The van der Waals surface area contributed by atoms with Gasteiger partial charge in [-0.2, -0.15) is 18.2 Å². The van der Waals surface area contributed by atoms with Gasteiger partial charge in [0.1, 0.15) is 11.3 Å². The summed E-state index contributed by atoms with van der Waals surface area (Å²) in [5, 5.41) is 0. The Hall–Kier alpha value is -2.51. The molecular weight excluding hydrogens is 335 g/mol. The van der Waals surface area contributed by atoms with E-state index in [0.717, 1.165) is 12.6 Å². The normalized spacial score (nSPS) is 12.6. The van der Waals surface area contributed by atoms with Crippen LogP contribution in [0.25, 0.3) is 0 Å². The van der Waals surface area contributed by atoms with Gasteiger partial charge in [0.15, 0.2) is 5.82 Å². The second-order valence-corrected chi connectivity index (χ2v) is 5.48. The summed E-state index contributed by atoms with van der Waals surface area (Å²) in [6, 6.07) is 6.69. The lowest BCUT2D eigenvalue weighted by atomic mass is 10.2. The minimum Gasteiger partial charge on any atom is -0.491 e. The lowest BCUT2D eigenvalue weighted by molar-refractivity contribution is -0.137. The van der Waals surface area contributed by atoms with E-state index in [1.807, 2.05) is 13.8 Å². The van der Waals surface area contributed by atoms with E-state index in [1.54, 1.807) is 24.3 Å². The van der Waals surface area contributed by atoms with Gasteiger partial charge in [0.05, 0.1) is 13.2 Å². The summed E-state index contributed by atoms with van der Waals surface area (Å²) in [4.78, 5) is 8.77. The number of anilines is 2.